The summed E-state index contributed by atoms with van der Waals surface area (Å²) in [6.07, 6.45) is -2.60. The van der Waals surface area contributed by atoms with Crippen LogP contribution in [0.5, 0.6) is 0 Å². The topological polar surface area (TPSA) is 176 Å². The Morgan fingerprint density at radius 1 is 1.29 bits per heavy atom. The molecule has 1 amide bonds. The van der Waals surface area contributed by atoms with E-state index >= 15 is 0 Å². The highest BCUT2D eigenvalue weighted by Gasteiger charge is 2.44. The number of carbonyl (C=O) groups excluding carboxylic acids is 1. The van der Waals surface area contributed by atoms with Gasteiger partial charge in [-0.25, -0.2) is 9.97 Å². The molecule has 1 aromatic carbocycles. The number of aliphatic hydroxyl groups is 2. The molecule has 3 heterocycles. The van der Waals surface area contributed by atoms with E-state index in [1.807, 2.05) is 0 Å². The highest BCUT2D eigenvalue weighted by molar-refractivity contribution is 7.86. The van der Waals surface area contributed by atoms with Crippen molar-refractivity contribution in [3.8, 4) is 0 Å². The lowest BCUT2D eigenvalue weighted by molar-refractivity contribution is -0.0337. The second-order valence-electron chi connectivity index (χ2n) is 6.78. The van der Waals surface area contributed by atoms with Crippen LogP contribution in [-0.4, -0.2) is 68.9 Å². The Kier molecular flexibility index (Phi) is 5.30. The van der Waals surface area contributed by atoms with E-state index in [0.29, 0.717) is 0 Å². The minimum Gasteiger partial charge on any atom is -0.387 e. The Morgan fingerprint density at radius 3 is 2.81 bits per heavy atom. The van der Waals surface area contributed by atoms with Crippen LogP contribution in [0.4, 0.5) is 3.89 Å². The van der Waals surface area contributed by atoms with Crippen LogP contribution in [-0.2, 0) is 15.0 Å². The Bertz CT molecular complexity index is 1310. The molecular weight excluding hydrogens is 437 g/mol. The molecule has 0 aliphatic carbocycles. The van der Waals surface area contributed by atoms with E-state index in [2.05, 4.69) is 20.3 Å². The summed E-state index contributed by atoms with van der Waals surface area (Å²) in [4.78, 5) is 33.7. The van der Waals surface area contributed by atoms with Gasteiger partial charge in [0.05, 0.1) is 17.6 Å². The summed E-state index contributed by atoms with van der Waals surface area (Å²) in [6, 6.07) is 4.37. The van der Waals surface area contributed by atoms with Crippen LogP contribution in [0, 0.1) is 0 Å². The fraction of sp³-hybridized carbons (Fsp3) is 0.294. The minimum atomic E-state index is -4.98. The number of ether oxygens (including phenoxy) is 1. The fourth-order valence-corrected chi connectivity index (χ4v) is 3.77. The zero-order valence-corrected chi connectivity index (χ0v) is 16.4. The molecule has 164 valence electrons. The number of hydrogen-bond donors (Lipinski definition) is 4. The molecule has 1 fully saturated rings. The number of rotatable bonds is 5. The summed E-state index contributed by atoms with van der Waals surface area (Å²) in [7, 11) is -4.98. The molecule has 4 atom stereocenters. The molecular formula is C17H16FN5O7S. The fourth-order valence-electron chi connectivity index (χ4n) is 3.26. The number of carbonyl (C=O) groups is 1. The lowest BCUT2D eigenvalue weighted by Crippen LogP contribution is -2.39. The van der Waals surface area contributed by atoms with E-state index in [1.165, 1.54) is 23.0 Å². The molecule has 31 heavy (non-hydrogen) atoms. The molecule has 4 unspecified atom stereocenters. The molecule has 3 aromatic rings. The summed E-state index contributed by atoms with van der Waals surface area (Å²) in [5.74, 6) is -0.736. The first-order valence-electron chi connectivity index (χ1n) is 8.91. The van der Waals surface area contributed by atoms with Crippen LogP contribution in [0.3, 0.4) is 0 Å². The largest absolute Gasteiger partial charge is 0.387 e. The number of hydrogen-bond acceptors (Lipinski definition) is 9. The molecule has 12 nitrogen and oxygen atoms in total. The summed E-state index contributed by atoms with van der Waals surface area (Å²) in [5.41, 5.74) is -0.452. The third-order valence-electron chi connectivity index (χ3n) is 4.82. The molecule has 0 bridgehead atoms. The van der Waals surface area contributed by atoms with Crippen molar-refractivity contribution in [3.63, 3.8) is 0 Å². The van der Waals surface area contributed by atoms with Crippen LogP contribution in [0.25, 0.3) is 11.2 Å². The number of nitrogens with zero attached hydrogens (tertiary/aromatic N) is 3. The average molecular weight is 453 g/mol. The monoisotopic (exact) mass is 453 g/mol. The molecule has 1 saturated heterocycles. The Morgan fingerprint density at radius 2 is 2.06 bits per heavy atom. The number of halogens is 1. The highest BCUT2D eigenvalue weighted by atomic mass is 32.3. The van der Waals surface area contributed by atoms with Gasteiger partial charge in [-0.2, -0.15) is 8.42 Å². The van der Waals surface area contributed by atoms with Crippen molar-refractivity contribution in [2.24, 2.45) is 0 Å². The number of imidazole rings is 1. The molecule has 14 heteroatoms. The maximum atomic E-state index is 13.1. The average Bonchev–Trinajstić information content (AvgIpc) is 3.28. The van der Waals surface area contributed by atoms with Crippen molar-refractivity contribution in [2.75, 3.05) is 6.54 Å². The normalized spacial score (nSPS) is 23.8. The quantitative estimate of drug-likeness (QED) is 0.347. The second-order valence-corrected chi connectivity index (χ2v) is 8.12. The van der Waals surface area contributed by atoms with Gasteiger partial charge < -0.3 is 25.3 Å². The van der Waals surface area contributed by atoms with Gasteiger partial charge in [0.1, 0.15) is 18.3 Å². The third-order valence-corrected chi connectivity index (χ3v) is 5.64. The zero-order chi connectivity index (χ0) is 22.3. The van der Waals surface area contributed by atoms with Crippen LogP contribution in [0.1, 0.15) is 16.6 Å². The van der Waals surface area contributed by atoms with Gasteiger partial charge in [-0.05, 0) is 18.2 Å². The second kappa shape index (κ2) is 7.81. The number of nitrogens with one attached hydrogen (secondary N) is 2. The van der Waals surface area contributed by atoms with E-state index in [-0.39, 0.29) is 23.3 Å². The molecule has 2 aromatic heterocycles. The predicted molar refractivity (Wildman–Crippen MR) is 101 cm³/mol. The summed E-state index contributed by atoms with van der Waals surface area (Å²) < 4.78 is 42.1. The summed E-state index contributed by atoms with van der Waals surface area (Å²) in [6.45, 7) is -0.249. The Labute approximate surface area is 173 Å². The number of fused-ring (bicyclic) bond motifs is 1. The molecule has 4 N–H and O–H groups in total. The molecule has 0 spiro atoms. The van der Waals surface area contributed by atoms with Crippen molar-refractivity contribution in [2.45, 2.75) is 29.4 Å². The van der Waals surface area contributed by atoms with Gasteiger partial charge in [-0.15, -0.1) is 3.89 Å². The van der Waals surface area contributed by atoms with E-state index < -0.39 is 51.1 Å². The van der Waals surface area contributed by atoms with Gasteiger partial charge in [-0.1, -0.05) is 6.07 Å². The maximum Gasteiger partial charge on any atom is 0.332 e. The third kappa shape index (κ3) is 3.93. The van der Waals surface area contributed by atoms with E-state index in [4.69, 9.17) is 4.74 Å². The van der Waals surface area contributed by atoms with Crippen LogP contribution >= 0.6 is 0 Å². The van der Waals surface area contributed by atoms with Gasteiger partial charge in [0.2, 0.25) is 0 Å². The van der Waals surface area contributed by atoms with Crippen molar-refractivity contribution in [1.29, 1.82) is 0 Å². The van der Waals surface area contributed by atoms with Gasteiger partial charge in [0.15, 0.2) is 17.4 Å². The SMILES string of the molecule is O=C(NCC1OC(n2cnc3c(=O)[nH]cnc32)C(O)C1O)c1cccc(S(=O)(=O)F)c1. The van der Waals surface area contributed by atoms with E-state index in [9.17, 15) is 32.1 Å². The van der Waals surface area contributed by atoms with Gasteiger partial charge in [-0.3, -0.25) is 14.2 Å². The van der Waals surface area contributed by atoms with E-state index in [0.717, 1.165) is 18.5 Å². The highest BCUT2D eigenvalue weighted by Crippen LogP contribution is 2.30. The first kappa shape index (κ1) is 21.0. The molecule has 0 radical (unpaired) electrons. The van der Waals surface area contributed by atoms with Crippen LogP contribution in [0.2, 0.25) is 0 Å². The summed E-state index contributed by atoms with van der Waals surface area (Å²) in [5, 5.41) is 23.1. The smallest absolute Gasteiger partial charge is 0.332 e. The number of aliphatic hydroxyl groups excluding tert-OH is 2. The number of H-pyrrole nitrogens is 1. The first-order valence-corrected chi connectivity index (χ1v) is 10.3. The van der Waals surface area contributed by atoms with Crippen molar-refractivity contribution in [1.82, 2.24) is 24.8 Å². The van der Waals surface area contributed by atoms with Crippen molar-refractivity contribution < 1.29 is 32.0 Å². The number of amides is 1. The Balaban J connectivity index is 1.48. The molecule has 0 saturated carbocycles. The van der Waals surface area contributed by atoms with Crippen LogP contribution in [0.15, 0.2) is 46.6 Å². The van der Waals surface area contributed by atoms with Crippen LogP contribution < -0.4 is 10.9 Å². The molecule has 1 aliphatic heterocycles. The first-order chi connectivity index (χ1) is 14.7. The minimum absolute atomic E-state index is 0.0206. The standard InChI is InChI=1S/C17H16FN5O7S/c18-31(28,29)9-3-1-2-8(4-9)15(26)19-5-10-12(24)13(25)17(30-10)23-7-22-11-14(23)20-6-21-16(11)27/h1-4,6-7,10,12-13,17,24-25H,5H2,(H,19,26)(H,20,21,27). The molecule has 1 aliphatic rings. The van der Waals surface area contributed by atoms with Crippen molar-refractivity contribution >= 4 is 27.3 Å². The number of benzene rings is 1. The maximum absolute atomic E-state index is 13.1. The Hall–Kier alpha value is -3.20. The predicted octanol–water partition coefficient (Wildman–Crippen LogP) is -1.17. The van der Waals surface area contributed by atoms with E-state index in [1.54, 1.807) is 0 Å². The zero-order valence-electron chi connectivity index (χ0n) is 15.5. The number of aromatic nitrogens is 4. The molecule has 4 rings (SSSR count). The summed E-state index contributed by atoms with van der Waals surface area (Å²) >= 11 is 0. The van der Waals surface area contributed by atoms with Crippen molar-refractivity contribution in [3.05, 3.63) is 52.8 Å². The van der Waals surface area contributed by atoms with Gasteiger partial charge in [0.25, 0.3) is 11.5 Å². The van der Waals surface area contributed by atoms with Gasteiger partial charge >= 0.3 is 10.2 Å². The van der Waals surface area contributed by atoms with Gasteiger partial charge in [0, 0.05) is 12.1 Å². The number of aromatic amines is 1. The lowest BCUT2D eigenvalue weighted by Gasteiger charge is -2.16. The lowest BCUT2D eigenvalue weighted by atomic mass is 10.1.